The molecule has 0 unspecified atom stereocenters. The van der Waals surface area contributed by atoms with Crippen LogP contribution in [-0.4, -0.2) is 34.4 Å². The number of aryl methyl sites for hydroxylation is 1. The highest BCUT2D eigenvalue weighted by Gasteiger charge is 2.16. The summed E-state index contributed by atoms with van der Waals surface area (Å²) in [6.07, 6.45) is 1.73. The van der Waals surface area contributed by atoms with Crippen LogP contribution in [0.25, 0.3) is 16.9 Å². The monoisotopic (exact) mass is 434 g/mol. The topological polar surface area (TPSA) is 78.3 Å². The molecule has 1 amide bonds. The van der Waals surface area contributed by atoms with E-state index in [0.29, 0.717) is 17.5 Å². The van der Waals surface area contributed by atoms with Crippen molar-refractivity contribution in [2.45, 2.75) is 13.8 Å². The number of amides is 1. The van der Waals surface area contributed by atoms with Crippen molar-refractivity contribution in [3.05, 3.63) is 71.4 Å². The fourth-order valence-electron chi connectivity index (χ4n) is 3.13. The SMILES string of the molecule is CCOc1ccccc1-c1csc(NC(=O)c2ccn(-c3cc(C)ccc3OC)n2)n1. The summed E-state index contributed by atoms with van der Waals surface area (Å²) in [7, 11) is 1.61. The van der Waals surface area contributed by atoms with Crippen molar-refractivity contribution in [2.24, 2.45) is 0 Å². The Morgan fingerprint density at radius 1 is 1.16 bits per heavy atom. The van der Waals surface area contributed by atoms with Crippen molar-refractivity contribution < 1.29 is 14.3 Å². The van der Waals surface area contributed by atoms with Crippen molar-refractivity contribution in [3.63, 3.8) is 0 Å². The lowest BCUT2D eigenvalue weighted by molar-refractivity contribution is 0.102. The summed E-state index contributed by atoms with van der Waals surface area (Å²) in [4.78, 5) is 17.3. The van der Waals surface area contributed by atoms with Gasteiger partial charge in [0, 0.05) is 17.1 Å². The van der Waals surface area contributed by atoms with Crippen LogP contribution in [0.5, 0.6) is 11.5 Å². The maximum Gasteiger partial charge on any atom is 0.277 e. The Labute approximate surface area is 184 Å². The molecular formula is C23H22N4O3S. The molecule has 4 rings (SSSR count). The minimum absolute atomic E-state index is 0.287. The van der Waals surface area contributed by atoms with Crippen LogP contribution < -0.4 is 14.8 Å². The average Bonchev–Trinajstić information content (AvgIpc) is 3.44. The van der Waals surface area contributed by atoms with E-state index in [1.165, 1.54) is 11.3 Å². The van der Waals surface area contributed by atoms with Gasteiger partial charge in [-0.3, -0.25) is 10.1 Å². The highest BCUT2D eigenvalue weighted by Crippen LogP contribution is 2.32. The summed E-state index contributed by atoms with van der Waals surface area (Å²) < 4.78 is 12.7. The first-order valence-corrected chi connectivity index (χ1v) is 10.7. The zero-order valence-corrected chi connectivity index (χ0v) is 18.3. The first kappa shape index (κ1) is 20.6. The number of hydrogen-bond acceptors (Lipinski definition) is 6. The van der Waals surface area contributed by atoms with Crippen LogP contribution in [-0.2, 0) is 0 Å². The van der Waals surface area contributed by atoms with Crippen molar-refractivity contribution >= 4 is 22.4 Å². The molecule has 0 atom stereocenters. The van der Waals surface area contributed by atoms with E-state index >= 15 is 0 Å². The van der Waals surface area contributed by atoms with Gasteiger partial charge in [-0.2, -0.15) is 5.10 Å². The van der Waals surface area contributed by atoms with E-state index in [1.807, 2.05) is 61.7 Å². The third-order valence-electron chi connectivity index (χ3n) is 4.59. The van der Waals surface area contributed by atoms with E-state index in [-0.39, 0.29) is 11.6 Å². The minimum atomic E-state index is -0.329. The number of para-hydroxylation sites is 1. The highest BCUT2D eigenvalue weighted by atomic mass is 32.1. The van der Waals surface area contributed by atoms with E-state index in [2.05, 4.69) is 15.4 Å². The number of methoxy groups -OCH3 is 1. The summed E-state index contributed by atoms with van der Waals surface area (Å²) in [5.74, 6) is 1.11. The van der Waals surface area contributed by atoms with Crippen molar-refractivity contribution in [1.29, 1.82) is 0 Å². The third-order valence-corrected chi connectivity index (χ3v) is 5.35. The highest BCUT2D eigenvalue weighted by molar-refractivity contribution is 7.14. The molecule has 158 valence electrons. The van der Waals surface area contributed by atoms with Gasteiger partial charge in [0.25, 0.3) is 5.91 Å². The lowest BCUT2D eigenvalue weighted by Gasteiger charge is -2.09. The maximum atomic E-state index is 12.7. The quantitative estimate of drug-likeness (QED) is 0.445. The Morgan fingerprint density at radius 3 is 2.81 bits per heavy atom. The Hall–Kier alpha value is -3.65. The van der Waals surface area contributed by atoms with Crippen LogP contribution >= 0.6 is 11.3 Å². The Bertz CT molecular complexity index is 1220. The third kappa shape index (κ3) is 4.44. The fourth-order valence-corrected chi connectivity index (χ4v) is 3.84. The molecule has 7 nitrogen and oxygen atoms in total. The zero-order chi connectivity index (χ0) is 21.8. The maximum absolute atomic E-state index is 12.7. The van der Waals surface area contributed by atoms with E-state index in [9.17, 15) is 4.79 Å². The second-order valence-corrected chi connectivity index (χ2v) is 7.60. The molecule has 8 heteroatoms. The number of thiazole rings is 1. The van der Waals surface area contributed by atoms with Crippen LogP contribution in [0.4, 0.5) is 5.13 Å². The smallest absolute Gasteiger partial charge is 0.277 e. The summed E-state index contributed by atoms with van der Waals surface area (Å²) in [6, 6.07) is 15.2. The molecule has 0 saturated carbocycles. The van der Waals surface area contributed by atoms with Gasteiger partial charge >= 0.3 is 0 Å². The molecule has 0 aliphatic carbocycles. The van der Waals surface area contributed by atoms with Gasteiger partial charge in [0.05, 0.1) is 19.4 Å². The predicted molar refractivity (Wildman–Crippen MR) is 122 cm³/mol. The minimum Gasteiger partial charge on any atom is -0.494 e. The second kappa shape index (κ2) is 9.01. The van der Waals surface area contributed by atoms with Crippen LogP contribution in [0, 0.1) is 6.92 Å². The number of anilines is 1. The molecule has 0 bridgehead atoms. The normalized spacial score (nSPS) is 10.7. The van der Waals surface area contributed by atoms with Crippen LogP contribution in [0.1, 0.15) is 23.0 Å². The van der Waals surface area contributed by atoms with E-state index < -0.39 is 0 Å². The fraction of sp³-hybridized carbons (Fsp3) is 0.174. The van der Waals surface area contributed by atoms with Crippen molar-refractivity contribution in [2.75, 3.05) is 19.0 Å². The van der Waals surface area contributed by atoms with E-state index in [0.717, 1.165) is 28.3 Å². The Kier molecular flexibility index (Phi) is 5.99. The molecule has 2 heterocycles. The molecule has 0 radical (unpaired) electrons. The number of carbonyl (C=O) groups excluding carboxylic acids is 1. The molecule has 0 spiro atoms. The number of rotatable bonds is 7. The van der Waals surface area contributed by atoms with Gasteiger partial charge in [-0.25, -0.2) is 9.67 Å². The van der Waals surface area contributed by atoms with Gasteiger partial charge < -0.3 is 9.47 Å². The second-order valence-electron chi connectivity index (χ2n) is 6.74. The largest absolute Gasteiger partial charge is 0.494 e. The molecular weight excluding hydrogens is 412 g/mol. The molecule has 0 aliphatic heterocycles. The number of nitrogens with zero attached hydrogens (tertiary/aromatic N) is 3. The van der Waals surface area contributed by atoms with Gasteiger partial charge in [-0.1, -0.05) is 18.2 Å². The van der Waals surface area contributed by atoms with Crippen LogP contribution in [0.15, 0.2) is 60.1 Å². The van der Waals surface area contributed by atoms with Gasteiger partial charge in [-0.15, -0.1) is 11.3 Å². The van der Waals surface area contributed by atoms with Crippen molar-refractivity contribution in [3.8, 4) is 28.4 Å². The molecule has 4 aromatic rings. The van der Waals surface area contributed by atoms with Gasteiger partial charge in [0.2, 0.25) is 0 Å². The van der Waals surface area contributed by atoms with Gasteiger partial charge in [-0.05, 0) is 49.7 Å². The molecule has 0 fully saturated rings. The number of aromatic nitrogens is 3. The van der Waals surface area contributed by atoms with Gasteiger partial charge in [0.1, 0.15) is 17.2 Å². The number of carbonyl (C=O) groups is 1. The molecule has 0 aliphatic rings. The van der Waals surface area contributed by atoms with Crippen LogP contribution in [0.3, 0.4) is 0 Å². The molecule has 31 heavy (non-hydrogen) atoms. The molecule has 1 N–H and O–H groups in total. The Morgan fingerprint density at radius 2 is 2.00 bits per heavy atom. The molecule has 2 aromatic heterocycles. The number of hydrogen-bond donors (Lipinski definition) is 1. The zero-order valence-electron chi connectivity index (χ0n) is 17.5. The number of benzene rings is 2. The lowest BCUT2D eigenvalue weighted by atomic mass is 10.1. The number of nitrogens with one attached hydrogen (secondary N) is 1. The van der Waals surface area contributed by atoms with E-state index in [4.69, 9.17) is 9.47 Å². The summed E-state index contributed by atoms with van der Waals surface area (Å²) in [5, 5.41) is 9.62. The summed E-state index contributed by atoms with van der Waals surface area (Å²) in [6.45, 7) is 4.50. The summed E-state index contributed by atoms with van der Waals surface area (Å²) >= 11 is 1.35. The number of ether oxygens (including phenoxy) is 2. The van der Waals surface area contributed by atoms with E-state index in [1.54, 1.807) is 24.1 Å². The molecule has 0 saturated heterocycles. The average molecular weight is 435 g/mol. The molecule has 2 aromatic carbocycles. The van der Waals surface area contributed by atoms with Gasteiger partial charge in [0.15, 0.2) is 10.8 Å². The van der Waals surface area contributed by atoms with Crippen LogP contribution in [0.2, 0.25) is 0 Å². The predicted octanol–water partition coefficient (Wildman–Crippen LogP) is 4.96. The first-order chi connectivity index (χ1) is 15.1. The first-order valence-electron chi connectivity index (χ1n) is 9.78. The Balaban J connectivity index is 1.53. The summed E-state index contributed by atoms with van der Waals surface area (Å²) in [5.41, 5.74) is 3.76. The van der Waals surface area contributed by atoms with Crippen molar-refractivity contribution in [1.82, 2.24) is 14.8 Å². The lowest BCUT2D eigenvalue weighted by Crippen LogP contribution is -2.13. The standard InChI is InChI=1S/C23H22N4O3S/c1-4-30-20-8-6-5-7-16(20)18-14-31-23(24-18)25-22(28)17-11-12-27(26-17)19-13-15(2)9-10-21(19)29-3/h5-14H,4H2,1-3H3,(H,24,25,28).